The number of methoxy groups -OCH3 is 1. The number of benzene rings is 1. The van der Waals surface area contributed by atoms with Gasteiger partial charge in [-0.05, 0) is 18.5 Å². The summed E-state index contributed by atoms with van der Waals surface area (Å²) < 4.78 is 4.93. The minimum absolute atomic E-state index is 0.0714. The second-order valence-electron chi connectivity index (χ2n) is 4.54. The van der Waals surface area contributed by atoms with Gasteiger partial charge in [0.2, 0.25) is 5.91 Å². The Bertz CT molecular complexity index is 381. The van der Waals surface area contributed by atoms with E-state index in [4.69, 9.17) is 4.74 Å². The third kappa shape index (κ3) is 3.31. The number of carbonyl (C=O) groups excluding carboxylic acids is 1. The van der Waals surface area contributed by atoms with E-state index in [1.54, 1.807) is 7.11 Å². The van der Waals surface area contributed by atoms with Crippen LogP contribution in [-0.4, -0.2) is 44.2 Å². The highest BCUT2D eigenvalue weighted by molar-refractivity contribution is 5.77. The van der Waals surface area contributed by atoms with Gasteiger partial charge in [-0.25, -0.2) is 0 Å². The smallest absolute Gasteiger partial charge is 0.248 e. The Morgan fingerprint density at radius 3 is 2.94 bits per heavy atom. The molecule has 1 aliphatic heterocycles. The molecule has 18 heavy (non-hydrogen) atoms. The van der Waals surface area contributed by atoms with E-state index in [1.165, 1.54) is 5.56 Å². The number of carbonyl (C=O) groups is 1. The minimum atomic E-state index is 0.0714. The molecule has 1 unspecified atom stereocenters. The number of hydrogen-bond donors (Lipinski definition) is 1. The third-order valence-corrected chi connectivity index (χ3v) is 3.22. The quantitative estimate of drug-likeness (QED) is 0.874. The fourth-order valence-corrected chi connectivity index (χ4v) is 2.27. The third-order valence-electron chi connectivity index (χ3n) is 3.22. The van der Waals surface area contributed by atoms with E-state index in [0.29, 0.717) is 6.54 Å². The van der Waals surface area contributed by atoms with Gasteiger partial charge in [-0.1, -0.05) is 30.3 Å². The largest absolute Gasteiger partial charge is 0.375 e. The van der Waals surface area contributed by atoms with Gasteiger partial charge in [-0.2, -0.15) is 0 Å². The predicted molar refractivity (Wildman–Crippen MR) is 70.3 cm³/mol. The van der Waals surface area contributed by atoms with Crippen LogP contribution in [0.25, 0.3) is 0 Å². The molecule has 1 saturated heterocycles. The summed E-state index contributed by atoms with van der Waals surface area (Å²) >= 11 is 0. The molecule has 2 rings (SSSR count). The van der Waals surface area contributed by atoms with Crippen LogP contribution in [0.4, 0.5) is 0 Å². The van der Waals surface area contributed by atoms with E-state index in [1.807, 2.05) is 23.1 Å². The molecular weight excluding hydrogens is 228 g/mol. The maximum absolute atomic E-state index is 11.9. The Morgan fingerprint density at radius 2 is 2.22 bits per heavy atom. The van der Waals surface area contributed by atoms with E-state index in [0.717, 1.165) is 19.5 Å². The Kier molecular flexibility index (Phi) is 4.73. The van der Waals surface area contributed by atoms with Gasteiger partial charge < -0.3 is 15.0 Å². The topological polar surface area (TPSA) is 41.6 Å². The molecule has 4 nitrogen and oxygen atoms in total. The number of nitrogens with zero attached hydrogens (tertiary/aromatic N) is 1. The van der Waals surface area contributed by atoms with Crippen molar-refractivity contribution in [3.8, 4) is 0 Å². The Balaban J connectivity index is 2.06. The molecule has 0 aromatic heterocycles. The summed E-state index contributed by atoms with van der Waals surface area (Å²) in [6.07, 6.45) is 0.985. The summed E-state index contributed by atoms with van der Waals surface area (Å²) in [6, 6.07) is 10.5. The second kappa shape index (κ2) is 6.52. The first-order valence-corrected chi connectivity index (χ1v) is 6.36. The standard InChI is InChI=1S/C14H20N2O2/c1-18-11-14(17)16-9-5-8-15-13(10-16)12-6-3-2-4-7-12/h2-4,6-7,13,15H,5,8-11H2,1H3. The number of ether oxygens (including phenoxy) is 1. The number of hydrogen-bond acceptors (Lipinski definition) is 3. The molecule has 1 N–H and O–H groups in total. The van der Waals surface area contributed by atoms with Gasteiger partial charge in [0, 0.05) is 26.2 Å². The monoisotopic (exact) mass is 248 g/mol. The molecule has 1 aliphatic rings. The van der Waals surface area contributed by atoms with Crippen LogP contribution in [0.1, 0.15) is 18.0 Å². The summed E-state index contributed by atoms with van der Waals surface area (Å²) in [5, 5.41) is 3.49. The minimum Gasteiger partial charge on any atom is -0.375 e. The van der Waals surface area contributed by atoms with Crippen LogP contribution in [0.5, 0.6) is 0 Å². The fraction of sp³-hybridized carbons (Fsp3) is 0.500. The van der Waals surface area contributed by atoms with Crippen LogP contribution in [-0.2, 0) is 9.53 Å². The average Bonchev–Trinajstić information content (AvgIpc) is 2.66. The van der Waals surface area contributed by atoms with Crippen molar-refractivity contribution in [2.75, 3.05) is 33.4 Å². The lowest BCUT2D eigenvalue weighted by Gasteiger charge is -2.24. The molecule has 0 spiro atoms. The van der Waals surface area contributed by atoms with Crippen LogP contribution in [0.15, 0.2) is 30.3 Å². The molecule has 1 heterocycles. The van der Waals surface area contributed by atoms with Gasteiger partial charge in [0.15, 0.2) is 0 Å². The van der Waals surface area contributed by atoms with Gasteiger partial charge in [-0.3, -0.25) is 4.79 Å². The summed E-state index contributed by atoms with van der Waals surface area (Å²) in [6.45, 7) is 2.63. The van der Waals surface area contributed by atoms with Crippen molar-refractivity contribution in [2.24, 2.45) is 0 Å². The zero-order valence-corrected chi connectivity index (χ0v) is 10.8. The summed E-state index contributed by atoms with van der Waals surface area (Å²) in [5.74, 6) is 0.0714. The predicted octanol–water partition coefficient (Wildman–Crippen LogP) is 1.20. The van der Waals surface area contributed by atoms with Crippen molar-refractivity contribution < 1.29 is 9.53 Å². The summed E-state index contributed by atoms with van der Waals surface area (Å²) in [4.78, 5) is 13.8. The van der Waals surface area contributed by atoms with Crippen molar-refractivity contribution in [1.29, 1.82) is 0 Å². The zero-order valence-electron chi connectivity index (χ0n) is 10.8. The Hall–Kier alpha value is -1.39. The van der Waals surface area contributed by atoms with E-state index in [9.17, 15) is 4.79 Å². The highest BCUT2D eigenvalue weighted by atomic mass is 16.5. The first-order chi connectivity index (χ1) is 8.81. The first-order valence-electron chi connectivity index (χ1n) is 6.36. The molecule has 1 fully saturated rings. The molecule has 1 amide bonds. The highest BCUT2D eigenvalue weighted by Crippen LogP contribution is 2.16. The fourth-order valence-electron chi connectivity index (χ4n) is 2.27. The maximum Gasteiger partial charge on any atom is 0.248 e. The molecule has 1 aromatic rings. The molecule has 0 saturated carbocycles. The molecule has 98 valence electrons. The van der Waals surface area contributed by atoms with Crippen LogP contribution < -0.4 is 5.32 Å². The average molecular weight is 248 g/mol. The summed E-state index contributed by atoms with van der Waals surface area (Å²) in [7, 11) is 1.56. The van der Waals surface area contributed by atoms with Crippen LogP contribution >= 0.6 is 0 Å². The van der Waals surface area contributed by atoms with Gasteiger partial charge in [-0.15, -0.1) is 0 Å². The van der Waals surface area contributed by atoms with Crippen molar-refractivity contribution in [2.45, 2.75) is 12.5 Å². The Morgan fingerprint density at radius 1 is 1.44 bits per heavy atom. The van der Waals surface area contributed by atoms with E-state index in [-0.39, 0.29) is 18.6 Å². The molecule has 0 radical (unpaired) electrons. The number of nitrogens with one attached hydrogen (secondary N) is 1. The number of amides is 1. The lowest BCUT2D eigenvalue weighted by atomic mass is 10.1. The van der Waals surface area contributed by atoms with E-state index < -0.39 is 0 Å². The first kappa shape index (κ1) is 13.1. The molecule has 1 aromatic carbocycles. The van der Waals surface area contributed by atoms with Crippen LogP contribution in [0.3, 0.4) is 0 Å². The van der Waals surface area contributed by atoms with Gasteiger partial charge in [0.1, 0.15) is 6.61 Å². The van der Waals surface area contributed by atoms with Gasteiger partial charge >= 0.3 is 0 Å². The van der Waals surface area contributed by atoms with Gasteiger partial charge in [0.25, 0.3) is 0 Å². The van der Waals surface area contributed by atoms with Crippen molar-refractivity contribution in [3.63, 3.8) is 0 Å². The SMILES string of the molecule is COCC(=O)N1CCCNC(c2ccccc2)C1. The normalized spacial score (nSPS) is 20.5. The molecule has 1 atom stereocenters. The Labute approximate surface area is 108 Å². The van der Waals surface area contributed by atoms with Crippen LogP contribution in [0.2, 0.25) is 0 Å². The van der Waals surface area contributed by atoms with E-state index in [2.05, 4.69) is 17.4 Å². The molecule has 0 bridgehead atoms. The van der Waals surface area contributed by atoms with Gasteiger partial charge in [0.05, 0.1) is 0 Å². The lowest BCUT2D eigenvalue weighted by Crippen LogP contribution is -2.38. The highest BCUT2D eigenvalue weighted by Gasteiger charge is 2.22. The second-order valence-corrected chi connectivity index (χ2v) is 4.54. The lowest BCUT2D eigenvalue weighted by molar-refractivity contribution is -0.135. The van der Waals surface area contributed by atoms with Crippen molar-refractivity contribution in [3.05, 3.63) is 35.9 Å². The maximum atomic E-state index is 11.9. The molecular formula is C14H20N2O2. The van der Waals surface area contributed by atoms with Crippen molar-refractivity contribution >= 4 is 5.91 Å². The van der Waals surface area contributed by atoms with E-state index >= 15 is 0 Å². The summed E-state index contributed by atoms with van der Waals surface area (Å²) in [5.41, 5.74) is 1.23. The van der Waals surface area contributed by atoms with Crippen molar-refractivity contribution in [1.82, 2.24) is 10.2 Å². The molecule has 4 heteroatoms. The molecule has 0 aliphatic carbocycles. The zero-order chi connectivity index (χ0) is 12.8. The van der Waals surface area contributed by atoms with Crippen LogP contribution in [0, 0.1) is 0 Å². The number of rotatable bonds is 3.